The maximum atomic E-state index is 12.9. The Morgan fingerprint density at radius 3 is 2.62 bits per heavy atom. The number of amides is 1. The van der Waals surface area contributed by atoms with Gasteiger partial charge < -0.3 is 9.64 Å². The van der Waals surface area contributed by atoms with Crippen LogP contribution in [0.15, 0.2) is 36.4 Å². The largest absolute Gasteiger partial charge is 0.487 e. The minimum Gasteiger partial charge on any atom is -0.487 e. The molecule has 1 fully saturated rings. The van der Waals surface area contributed by atoms with Crippen molar-refractivity contribution in [2.24, 2.45) is 0 Å². The average molecular weight is 352 g/mol. The van der Waals surface area contributed by atoms with Crippen LogP contribution in [0.1, 0.15) is 59.9 Å². The summed E-state index contributed by atoms with van der Waals surface area (Å²) in [5.74, 6) is 0.943. The standard InChI is InChI=1S/C22H28N2O2/c1-4-19-12-5-6-14-24(19)22(25)20-13-8-11-18(23-20)15-26-21-16(2)9-7-10-17(21)3/h7-11,13,19H,4-6,12,14-15H2,1-3H3. The number of carbonyl (C=O) groups is 1. The highest BCUT2D eigenvalue weighted by atomic mass is 16.5. The van der Waals surface area contributed by atoms with Gasteiger partial charge in [-0.1, -0.05) is 31.2 Å². The first kappa shape index (κ1) is 18.4. The number of benzene rings is 1. The van der Waals surface area contributed by atoms with Crippen LogP contribution in [0, 0.1) is 13.8 Å². The monoisotopic (exact) mass is 352 g/mol. The van der Waals surface area contributed by atoms with Gasteiger partial charge in [-0.15, -0.1) is 0 Å². The van der Waals surface area contributed by atoms with Crippen molar-refractivity contribution in [3.8, 4) is 5.75 Å². The Morgan fingerprint density at radius 1 is 1.15 bits per heavy atom. The third-order valence-electron chi connectivity index (χ3n) is 5.16. The first-order valence-electron chi connectivity index (χ1n) is 9.56. The minimum absolute atomic E-state index is 0.0467. The summed E-state index contributed by atoms with van der Waals surface area (Å²) in [6, 6.07) is 12.1. The molecule has 1 saturated heterocycles. The van der Waals surface area contributed by atoms with Crippen LogP contribution in [0.4, 0.5) is 0 Å². The molecule has 2 aromatic rings. The van der Waals surface area contributed by atoms with Crippen molar-refractivity contribution < 1.29 is 9.53 Å². The van der Waals surface area contributed by atoms with E-state index >= 15 is 0 Å². The number of hydrogen-bond donors (Lipinski definition) is 0. The van der Waals surface area contributed by atoms with Crippen molar-refractivity contribution in [1.29, 1.82) is 0 Å². The van der Waals surface area contributed by atoms with E-state index in [4.69, 9.17) is 4.74 Å². The average Bonchev–Trinajstić information content (AvgIpc) is 2.67. The normalized spacial score (nSPS) is 17.2. The van der Waals surface area contributed by atoms with Crippen molar-refractivity contribution in [2.45, 2.75) is 59.1 Å². The third-order valence-corrected chi connectivity index (χ3v) is 5.16. The van der Waals surface area contributed by atoms with E-state index in [0.29, 0.717) is 18.3 Å². The second kappa shape index (κ2) is 8.35. The zero-order chi connectivity index (χ0) is 18.5. The number of aryl methyl sites for hydroxylation is 2. The lowest BCUT2D eigenvalue weighted by Crippen LogP contribution is -2.43. The molecule has 1 aromatic carbocycles. The summed E-state index contributed by atoms with van der Waals surface area (Å²) < 4.78 is 5.99. The van der Waals surface area contributed by atoms with E-state index in [1.807, 2.05) is 55.1 Å². The Morgan fingerprint density at radius 2 is 1.88 bits per heavy atom. The van der Waals surface area contributed by atoms with Crippen LogP contribution in [-0.4, -0.2) is 28.4 Å². The van der Waals surface area contributed by atoms with Crippen LogP contribution in [0.2, 0.25) is 0 Å². The molecule has 0 spiro atoms. The summed E-state index contributed by atoms with van der Waals surface area (Å²) in [6.45, 7) is 7.43. The number of carbonyl (C=O) groups excluding carboxylic acids is 1. The zero-order valence-electron chi connectivity index (χ0n) is 16.0. The van der Waals surface area contributed by atoms with Crippen LogP contribution in [0.25, 0.3) is 0 Å². The second-order valence-electron chi connectivity index (χ2n) is 7.08. The van der Waals surface area contributed by atoms with Gasteiger partial charge in [0, 0.05) is 12.6 Å². The number of nitrogens with zero attached hydrogens (tertiary/aromatic N) is 2. The van der Waals surface area contributed by atoms with Crippen molar-refractivity contribution in [3.63, 3.8) is 0 Å². The highest BCUT2D eigenvalue weighted by Crippen LogP contribution is 2.24. The van der Waals surface area contributed by atoms with E-state index in [2.05, 4.69) is 11.9 Å². The van der Waals surface area contributed by atoms with E-state index in [-0.39, 0.29) is 5.91 Å². The molecule has 4 heteroatoms. The summed E-state index contributed by atoms with van der Waals surface area (Å²) >= 11 is 0. The topological polar surface area (TPSA) is 42.4 Å². The van der Waals surface area contributed by atoms with Gasteiger partial charge >= 0.3 is 0 Å². The fourth-order valence-electron chi connectivity index (χ4n) is 3.69. The van der Waals surface area contributed by atoms with Gasteiger partial charge in [0.15, 0.2) is 0 Å². The molecule has 138 valence electrons. The summed E-state index contributed by atoms with van der Waals surface area (Å²) in [5.41, 5.74) is 3.52. The second-order valence-corrected chi connectivity index (χ2v) is 7.08. The number of likely N-dealkylation sites (tertiary alicyclic amines) is 1. The first-order chi connectivity index (χ1) is 12.6. The summed E-state index contributed by atoms with van der Waals surface area (Å²) in [4.78, 5) is 19.5. The van der Waals surface area contributed by atoms with Crippen LogP contribution in [-0.2, 0) is 6.61 Å². The molecular weight excluding hydrogens is 324 g/mol. The van der Waals surface area contributed by atoms with Crippen LogP contribution in [0.5, 0.6) is 5.75 Å². The predicted octanol–water partition coefficient (Wildman–Crippen LogP) is 4.68. The number of rotatable bonds is 5. The Bertz CT molecular complexity index is 752. The fourth-order valence-corrected chi connectivity index (χ4v) is 3.69. The number of pyridine rings is 1. The molecule has 1 unspecified atom stereocenters. The smallest absolute Gasteiger partial charge is 0.272 e. The first-order valence-corrected chi connectivity index (χ1v) is 9.56. The lowest BCUT2D eigenvalue weighted by Gasteiger charge is -2.35. The molecule has 1 amide bonds. The molecule has 4 nitrogen and oxygen atoms in total. The molecule has 0 N–H and O–H groups in total. The van der Waals surface area contributed by atoms with Crippen LogP contribution >= 0.6 is 0 Å². The maximum Gasteiger partial charge on any atom is 0.272 e. The Labute approximate surface area is 156 Å². The Hall–Kier alpha value is -2.36. The molecule has 1 aliphatic rings. The fraction of sp³-hybridized carbons (Fsp3) is 0.455. The summed E-state index contributed by atoms with van der Waals surface area (Å²) in [5, 5.41) is 0. The van der Waals surface area contributed by atoms with Gasteiger partial charge in [0.05, 0.1) is 5.69 Å². The van der Waals surface area contributed by atoms with E-state index < -0.39 is 0 Å². The molecule has 2 heterocycles. The highest BCUT2D eigenvalue weighted by Gasteiger charge is 2.26. The number of para-hydroxylation sites is 1. The van der Waals surface area contributed by atoms with E-state index in [9.17, 15) is 4.79 Å². The SMILES string of the molecule is CCC1CCCCN1C(=O)c1cccc(COc2c(C)cccc2C)n1. The van der Waals surface area contributed by atoms with E-state index in [0.717, 1.165) is 48.4 Å². The third kappa shape index (κ3) is 4.06. The number of ether oxygens (including phenoxy) is 1. The molecule has 1 aromatic heterocycles. The molecule has 3 rings (SSSR count). The van der Waals surface area contributed by atoms with Gasteiger partial charge in [-0.05, 0) is 62.8 Å². The van der Waals surface area contributed by atoms with E-state index in [1.165, 1.54) is 6.42 Å². The highest BCUT2D eigenvalue weighted by molar-refractivity contribution is 5.92. The van der Waals surface area contributed by atoms with Crippen LogP contribution < -0.4 is 4.74 Å². The maximum absolute atomic E-state index is 12.9. The Kier molecular flexibility index (Phi) is 5.92. The van der Waals surface area contributed by atoms with Gasteiger partial charge in [-0.3, -0.25) is 4.79 Å². The quantitative estimate of drug-likeness (QED) is 0.784. The molecule has 26 heavy (non-hydrogen) atoms. The van der Waals surface area contributed by atoms with Gasteiger partial charge in [0.25, 0.3) is 5.91 Å². The van der Waals surface area contributed by atoms with Gasteiger partial charge in [0.2, 0.25) is 0 Å². The van der Waals surface area contributed by atoms with Gasteiger partial charge in [0.1, 0.15) is 18.1 Å². The Balaban J connectivity index is 1.72. The summed E-state index contributed by atoms with van der Waals surface area (Å²) in [6.07, 6.45) is 4.38. The zero-order valence-corrected chi connectivity index (χ0v) is 16.0. The van der Waals surface area contributed by atoms with Crippen LogP contribution in [0.3, 0.4) is 0 Å². The lowest BCUT2D eigenvalue weighted by molar-refractivity contribution is 0.0601. The molecule has 0 aliphatic carbocycles. The van der Waals surface area contributed by atoms with Crippen molar-refractivity contribution in [2.75, 3.05) is 6.54 Å². The van der Waals surface area contributed by atoms with Gasteiger partial charge in [-0.2, -0.15) is 0 Å². The molecule has 1 atom stereocenters. The molecule has 0 bridgehead atoms. The van der Waals surface area contributed by atoms with E-state index in [1.54, 1.807) is 0 Å². The number of hydrogen-bond acceptors (Lipinski definition) is 3. The van der Waals surface area contributed by atoms with Crippen molar-refractivity contribution in [3.05, 3.63) is 58.9 Å². The predicted molar refractivity (Wildman–Crippen MR) is 103 cm³/mol. The lowest BCUT2D eigenvalue weighted by atomic mass is 9.99. The number of piperidine rings is 1. The molecule has 0 radical (unpaired) electrons. The minimum atomic E-state index is 0.0467. The van der Waals surface area contributed by atoms with Crippen molar-refractivity contribution >= 4 is 5.91 Å². The molecule has 1 aliphatic heterocycles. The molecular formula is C22H28N2O2. The van der Waals surface area contributed by atoms with Crippen molar-refractivity contribution in [1.82, 2.24) is 9.88 Å². The van der Waals surface area contributed by atoms with Gasteiger partial charge in [-0.25, -0.2) is 4.98 Å². The number of aromatic nitrogens is 1. The summed E-state index contributed by atoms with van der Waals surface area (Å²) in [7, 11) is 0. The molecule has 0 saturated carbocycles.